The minimum absolute atomic E-state index is 0.297. The van der Waals surface area contributed by atoms with Crippen molar-refractivity contribution in [1.82, 2.24) is 14.8 Å². The lowest BCUT2D eigenvalue weighted by Crippen LogP contribution is -2.01. The van der Waals surface area contributed by atoms with Crippen LogP contribution < -0.4 is 4.74 Å². The lowest BCUT2D eigenvalue weighted by atomic mass is 10.2. The second-order valence-corrected chi connectivity index (χ2v) is 4.74. The highest BCUT2D eigenvalue weighted by Crippen LogP contribution is 2.24. The molecular weight excluding hydrogens is 286 g/mol. The Morgan fingerprint density at radius 2 is 1.71 bits per heavy atom. The van der Waals surface area contributed by atoms with Crippen LogP contribution in [0.1, 0.15) is 5.82 Å². The van der Waals surface area contributed by atoms with Gasteiger partial charge in [0.2, 0.25) is 0 Å². The molecule has 0 N–H and O–H groups in total. The summed E-state index contributed by atoms with van der Waals surface area (Å²) >= 11 is 5.99. The first kappa shape index (κ1) is 13.6. The highest BCUT2D eigenvalue weighted by Gasteiger charge is 2.14. The van der Waals surface area contributed by atoms with Gasteiger partial charge in [0.1, 0.15) is 5.75 Å². The molecule has 0 radical (unpaired) electrons. The number of alkyl halides is 1. The predicted octanol–water partition coefficient (Wildman–Crippen LogP) is 3.68. The van der Waals surface area contributed by atoms with Crippen LogP contribution in [-0.2, 0) is 5.88 Å². The Hall–Kier alpha value is -2.33. The van der Waals surface area contributed by atoms with Crippen molar-refractivity contribution in [2.24, 2.45) is 0 Å². The van der Waals surface area contributed by atoms with Crippen LogP contribution in [0.3, 0.4) is 0 Å². The number of halogens is 1. The standard InChI is InChI=1S/C16H14ClN3O/c1-21-14-9-7-13(8-10-14)20-15(11-17)18-19-16(20)12-5-3-2-4-6-12/h2-10H,11H2,1H3. The monoisotopic (exact) mass is 299 g/mol. The van der Waals surface area contributed by atoms with Gasteiger partial charge >= 0.3 is 0 Å². The number of benzene rings is 2. The Morgan fingerprint density at radius 1 is 1.00 bits per heavy atom. The van der Waals surface area contributed by atoms with Gasteiger partial charge in [0.15, 0.2) is 11.6 Å². The molecule has 1 aromatic heterocycles. The zero-order valence-corrected chi connectivity index (χ0v) is 12.3. The van der Waals surface area contributed by atoms with Crippen molar-refractivity contribution >= 4 is 11.6 Å². The molecule has 0 aliphatic carbocycles. The Kier molecular flexibility index (Phi) is 3.88. The maximum absolute atomic E-state index is 5.99. The van der Waals surface area contributed by atoms with E-state index in [9.17, 15) is 0 Å². The number of nitrogens with zero attached hydrogens (tertiary/aromatic N) is 3. The van der Waals surface area contributed by atoms with Gasteiger partial charge in [0.25, 0.3) is 0 Å². The first-order valence-corrected chi connectivity index (χ1v) is 7.07. The third-order valence-corrected chi connectivity index (χ3v) is 3.45. The summed E-state index contributed by atoms with van der Waals surface area (Å²) in [6.07, 6.45) is 0. The van der Waals surface area contributed by atoms with E-state index in [-0.39, 0.29) is 0 Å². The topological polar surface area (TPSA) is 39.9 Å². The van der Waals surface area contributed by atoms with Crippen LogP contribution in [-0.4, -0.2) is 21.9 Å². The van der Waals surface area contributed by atoms with E-state index < -0.39 is 0 Å². The van der Waals surface area contributed by atoms with Gasteiger partial charge < -0.3 is 4.74 Å². The lowest BCUT2D eigenvalue weighted by Gasteiger charge is -2.10. The highest BCUT2D eigenvalue weighted by molar-refractivity contribution is 6.16. The van der Waals surface area contributed by atoms with Crippen molar-refractivity contribution < 1.29 is 4.74 Å². The zero-order valence-electron chi connectivity index (χ0n) is 11.5. The Bertz CT molecular complexity index is 723. The molecule has 21 heavy (non-hydrogen) atoms. The van der Waals surface area contributed by atoms with Crippen LogP contribution in [0.15, 0.2) is 54.6 Å². The van der Waals surface area contributed by atoms with Crippen LogP contribution >= 0.6 is 11.6 Å². The van der Waals surface area contributed by atoms with E-state index in [0.29, 0.717) is 11.7 Å². The number of ether oxygens (including phenoxy) is 1. The fourth-order valence-corrected chi connectivity index (χ4v) is 2.35. The van der Waals surface area contributed by atoms with Crippen LogP contribution in [0.2, 0.25) is 0 Å². The predicted molar refractivity (Wildman–Crippen MR) is 82.9 cm³/mol. The molecule has 1 heterocycles. The van der Waals surface area contributed by atoms with Crippen molar-refractivity contribution in [3.05, 3.63) is 60.4 Å². The summed E-state index contributed by atoms with van der Waals surface area (Å²) in [5.74, 6) is 2.59. The number of hydrogen-bond acceptors (Lipinski definition) is 3. The van der Waals surface area contributed by atoms with Gasteiger partial charge in [-0.1, -0.05) is 30.3 Å². The van der Waals surface area contributed by atoms with Crippen LogP contribution in [0.25, 0.3) is 17.1 Å². The Balaban J connectivity index is 2.13. The quantitative estimate of drug-likeness (QED) is 0.690. The Labute approximate surface area is 128 Å². The lowest BCUT2D eigenvalue weighted by molar-refractivity contribution is 0.414. The molecule has 4 nitrogen and oxygen atoms in total. The molecule has 3 aromatic rings. The second-order valence-electron chi connectivity index (χ2n) is 4.47. The van der Waals surface area contributed by atoms with E-state index in [1.54, 1.807) is 7.11 Å². The molecule has 0 bridgehead atoms. The van der Waals surface area contributed by atoms with Crippen molar-refractivity contribution in [2.45, 2.75) is 5.88 Å². The fraction of sp³-hybridized carbons (Fsp3) is 0.125. The molecule has 5 heteroatoms. The molecule has 0 unspecified atom stereocenters. The molecule has 0 saturated heterocycles. The summed E-state index contributed by atoms with van der Waals surface area (Å²) in [5, 5.41) is 8.45. The fourth-order valence-electron chi connectivity index (χ4n) is 2.18. The molecule has 0 atom stereocenters. The summed E-state index contributed by atoms with van der Waals surface area (Å²) in [6, 6.07) is 17.7. The largest absolute Gasteiger partial charge is 0.497 e. The zero-order chi connectivity index (χ0) is 14.7. The summed E-state index contributed by atoms with van der Waals surface area (Å²) in [4.78, 5) is 0. The van der Waals surface area contributed by atoms with Crippen molar-refractivity contribution in [3.8, 4) is 22.8 Å². The van der Waals surface area contributed by atoms with Gasteiger partial charge in [-0.2, -0.15) is 0 Å². The molecule has 0 aliphatic heterocycles. The molecule has 0 fully saturated rings. The van der Waals surface area contributed by atoms with Gasteiger partial charge in [-0.3, -0.25) is 4.57 Å². The number of methoxy groups -OCH3 is 1. The summed E-state index contributed by atoms with van der Waals surface area (Å²) in [7, 11) is 1.65. The maximum atomic E-state index is 5.99. The van der Waals surface area contributed by atoms with E-state index in [0.717, 1.165) is 22.8 Å². The average Bonchev–Trinajstić information content (AvgIpc) is 2.99. The summed E-state index contributed by atoms with van der Waals surface area (Å²) < 4.78 is 7.15. The molecule has 3 rings (SSSR count). The third-order valence-electron chi connectivity index (χ3n) is 3.21. The minimum atomic E-state index is 0.297. The van der Waals surface area contributed by atoms with Gasteiger partial charge in [-0.15, -0.1) is 21.8 Å². The summed E-state index contributed by atoms with van der Waals surface area (Å²) in [6.45, 7) is 0. The number of rotatable bonds is 4. The Morgan fingerprint density at radius 3 is 2.33 bits per heavy atom. The molecule has 0 spiro atoms. The molecular formula is C16H14ClN3O. The number of aromatic nitrogens is 3. The van der Waals surface area contributed by atoms with Gasteiger partial charge in [-0.25, -0.2) is 0 Å². The second kappa shape index (κ2) is 5.97. The maximum Gasteiger partial charge on any atom is 0.168 e. The average molecular weight is 300 g/mol. The van der Waals surface area contributed by atoms with Crippen LogP contribution in [0.4, 0.5) is 0 Å². The van der Waals surface area contributed by atoms with Gasteiger partial charge in [0, 0.05) is 11.3 Å². The highest BCUT2D eigenvalue weighted by atomic mass is 35.5. The van der Waals surface area contributed by atoms with Crippen LogP contribution in [0.5, 0.6) is 5.75 Å². The van der Waals surface area contributed by atoms with E-state index in [1.807, 2.05) is 59.2 Å². The normalized spacial score (nSPS) is 10.6. The van der Waals surface area contributed by atoms with E-state index in [2.05, 4.69) is 10.2 Å². The molecule has 0 saturated carbocycles. The van der Waals surface area contributed by atoms with E-state index in [1.165, 1.54) is 0 Å². The van der Waals surface area contributed by atoms with Gasteiger partial charge in [-0.05, 0) is 24.3 Å². The summed E-state index contributed by atoms with van der Waals surface area (Å²) in [5.41, 5.74) is 1.95. The molecule has 106 valence electrons. The first-order valence-electron chi connectivity index (χ1n) is 6.53. The van der Waals surface area contributed by atoms with Gasteiger partial charge in [0.05, 0.1) is 13.0 Å². The number of hydrogen-bond donors (Lipinski definition) is 0. The van der Waals surface area contributed by atoms with Crippen molar-refractivity contribution in [2.75, 3.05) is 7.11 Å². The smallest absolute Gasteiger partial charge is 0.168 e. The van der Waals surface area contributed by atoms with E-state index >= 15 is 0 Å². The van der Waals surface area contributed by atoms with Crippen LogP contribution in [0, 0.1) is 0 Å². The SMILES string of the molecule is COc1ccc(-n2c(CCl)nnc2-c2ccccc2)cc1. The molecule has 0 aliphatic rings. The first-order chi connectivity index (χ1) is 10.3. The third kappa shape index (κ3) is 2.62. The minimum Gasteiger partial charge on any atom is -0.497 e. The van der Waals surface area contributed by atoms with E-state index in [4.69, 9.17) is 16.3 Å². The van der Waals surface area contributed by atoms with Crippen molar-refractivity contribution in [1.29, 1.82) is 0 Å². The van der Waals surface area contributed by atoms with Crippen molar-refractivity contribution in [3.63, 3.8) is 0 Å². The molecule has 0 amide bonds. The molecule has 2 aromatic carbocycles.